The van der Waals surface area contributed by atoms with Gasteiger partial charge in [-0.25, -0.2) is 4.68 Å². The van der Waals surface area contributed by atoms with Crippen molar-refractivity contribution in [3.8, 4) is 22.7 Å². The van der Waals surface area contributed by atoms with Crippen molar-refractivity contribution in [2.24, 2.45) is 0 Å². The van der Waals surface area contributed by atoms with E-state index in [1.807, 2.05) is 65.5 Å². The van der Waals surface area contributed by atoms with Crippen molar-refractivity contribution < 1.29 is 9.53 Å². The molecule has 1 saturated heterocycles. The summed E-state index contributed by atoms with van der Waals surface area (Å²) in [6, 6.07) is 17.9. The fourth-order valence-electron chi connectivity index (χ4n) is 3.67. The first-order valence-corrected chi connectivity index (χ1v) is 10.0. The second-order valence-corrected chi connectivity index (χ2v) is 7.30. The van der Waals surface area contributed by atoms with Crippen LogP contribution >= 0.6 is 12.4 Å². The Morgan fingerprint density at radius 3 is 2.63 bits per heavy atom. The summed E-state index contributed by atoms with van der Waals surface area (Å²) < 4.78 is 7.10. The number of ether oxygens (including phenoxy) is 1. The summed E-state index contributed by atoms with van der Waals surface area (Å²) in [7, 11) is 1.65. The van der Waals surface area contributed by atoms with Crippen molar-refractivity contribution in [1.82, 2.24) is 20.4 Å². The largest absolute Gasteiger partial charge is 0.497 e. The molecule has 0 radical (unpaired) electrons. The fraction of sp³-hybridized carbons (Fsp3) is 0.304. The molecular formula is C23H27ClN4O2. The van der Waals surface area contributed by atoms with Gasteiger partial charge >= 0.3 is 0 Å². The number of benzene rings is 2. The van der Waals surface area contributed by atoms with Crippen LogP contribution in [0.2, 0.25) is 0 Å². The SMILES string of the molecule is COc1ccc(-c2nn(-c3ccccc3)cc2CC(=O)N[C@H]2CCCNC2)cc1.Cl. The lowest BCUT2D eigenvalue weighted by Crippen LogP contribution is -2.46. The lowest BCUT2D eigenvalue weighted by atomic mass is 10.0. The summed E-state index contributed by atoms with van der Waals surface area (Å²) in [4.78, 5) is 12.7. The monoisotopic (exact) mass is 426 g/mol. The molecule has 0 unspecified atom stereocenters. The molecule has 3 aromatic rings. The Kier molecular flexibility index (Phi) is 7.49. The Hall–Kier alpha value is -2.83. The van der Waals surface area contributed by atoms with Crippen LogP contribution in [0.15, 0.2) is 60.8 Å². The molecule has 0 spiro atoms. The highest BCUT2D eigenvalue weighted by atomic mass is 35.5. The normalized spacial score (nSPS) is 15.8. The van der Waals surface area contributed by atoms with Crippen LogP contribution in [0, 0.1) is 0 Å². The number of carbonyl (C=O) groups excluding carboxylic acids is 1. The van der Waals surface area contributed by atoms with Gasteiger partial charge in [0, 0.05) is 29.9 Å². The minimum atomic E-state index is 0. The highest BCUT2D eigenvalue weighted by Crippen LogP contribution is 2.26. The summed E-state index contributed by atoms with van der Waals surface area (Å²) in [6.45, 7) is 1.86. The number of hydrogen-bond acceptors (Lipinski definition) is 4. The minimum Gasteiger partial charge on any atom is -0.497 e. The molecule has 158 valence electrons. The standard InChI is InChI=1S/C23H26N4O2.ClH/c1-29-21-11-9-17(10-12-21)23-18(14-22(28)25-19-6-5-13-24-15-19)16-27(26-23)20-7-3-2-4-8-20;/h2-4,7-12,16,19,24H,5-6,13-15H2,1H3,(H,25,28);1H/t19-;/m0./s1. The topological polar surface area (TPSA) is 68.2 Å². The molecule has 1 aliphatic rings. The van der Waals surface area contributed by atoms with Crippen molar-refractivity contribution in [3.05, 3.63) is 66.4 Å². The van der Waals surface area contributed by atoms with Crippen LogP contribution in [0.3, 0.4) is 0 Å². The zero-order valence-electron chi connectivity index (χ0n) is 17.0. The van der Waals surface area contributed by atoms with Gasteiger partial charge in [-0.2, -0.15) is 5.10 Å². The lowest BCUT2D eigenvalue weighted by Gasteiger charge is -2.23. The number of aromatic nitrogens is 2. The van der Waals surface area contributed by atoms with Crippen molar-refractivity contribution >= 4 is 18.3 Å². The quantitative estimate of drug-likeness (QED) is 0.634. The predicted molar refractivity (Wildman–Crippen MR) is 121 cm³/mol. The van der Waals surface area contributed by atoms with E-state index in [0.29, 0.717) is 6.42 Å². The molecule has 4 rings (SSSR count). The summed E-state index contributed by atoms with van der Waals surface area (Å²) in [5, 5.41) is 11.3. The van der Waals surface area contributed by atoms with Crippen LogP contribution in [-0.4, -0.2) is 41.9 Å². The molecule has 1 amide bonds. The second kappa shape index (κ2) is 10.3. The molecule has 2 heterocycles. The number of amides is 1. The Balaban J connectivity index is 0.00000256. The average molecular weight is 427 g/mol. The van der Waals surface area contributed by atoms with Gasteiger partial charge < -0.3 is 15.4 Å². The molecule has 0 saturated carbocycles. The first-order chi connectivity index (χ1) is 14.2. The van der Waals surface area contributed by atoms with Crippen LogP contribution in [0.25, 0.3) is 16.9 Å². The molecule has 0 bridgehead atoms. The van der Waals surface area contributed by atoms with E-state index in [1.54, 1.807) is 7.11 Å². The third kappa shape index (κ3) is 5.20. The van der Waals surface area contributed by atoms with Gasteiger partial charge in [0.15, 0.2) is 0 Å². The van der Waals surface area contributed by atoms with Crippen LogP contribution in [-0.2, 0) is 11.2 Å². The summed E-state index contributed by atoms with van der Waals surface area (Å²) in [5.41, 5.74) is 3.64. The number of rotatable bonds is 6. The molecule has 1 fully saturated rings. The summed E-state index contributed by atoms with van der Waals surface area (Å²) >= 11 is 0. The minimum absolute atomic E-state index is 0. The number of carbonyl (C=O) groups is 1. The van der Waals surface area contributed by atoms with Crippen molar-refractivity contribution in [2.75, 3.05) is 20.2 Å². The number of nitrogens with one attached hydrogen (secondary N) is 2. The van der Waals surface area contributed by atoms with Gasteiger partial charge in [-0.05, 0) is 55.8 Å². The van der Waals surface area contributed by atoms with Gasteiger partial charge in [-0.3, -0.25) is 4.79 Å². The van der Waals surface area contributed by atoms with Crippen LogP contribution in [0.5, 0.6) is 5.75 Å². The van der Waals surface area contributed by atoms with Gasteiger partial charge in [0.25, 0.3) is 0 Å². The van der Waals surface area contributed by atoms with E-state index in [0.717, 1.165) is 54.2 Å². The molecule has 1 atom stereocenters. The molecule has 1 aromatic heterocycles. The molecule has 6 nitrogen and oxygen atoms in total. The lowest BCUT2D eigenvalue weighted by molar-refractivity contribution is -0.121. The highest BCUT2D eigenvalue weighted by molar-refractivity contribution is 5.85. The zero-order chi connectivity index (χ0) is 20.1. The average Bonchev–Trinajstić information content (AvgIpc) is 3.18. The van der Waals surface area contributed by atoms with Gasteiger partial charge in [-0.1, -0.05) is 18.2 Å². The molecule has 0 aliphatic carbocycles. The Morgan fingerprint density at radius 1 is 1.20 bits per heavy atom. The molecule has 1 aliphatic heterocycles. The van der Waals surface area contributed by atoms with E-state index in [2.05, 4.69) is 10.6 Å². The maximum Gasteiger partial charge on any atom is 0.224 e. The van der Waals surface area contributed by atoms with Gasteiger partial charge in [0.1, 0.15) is 5.75 Å². The summed E-state index contributed by atoms with van der Waals surface area (Å²) in [6.07, 6.45) is 4.36. The number of piperidine rings is 1. The Morgan fingerprint density at radius 2 is 1.97 bits per heavy atom. The van der Waals surface area contributed by atoms with Crippen LogP contribution in [0.1, 0.15) is 18.4 Å². The maximum atomic E-state index is 12.7. The fourth-order valence-corrected chi connectivity index (χ4v) is 3.67. The van der Waals surface area contributed by atoms with Gasteiger partial charge in [0.2, 0.25) is 5.91 Å². The molecule has 2 N–H and O–H groups in total. The van der Waals surface area contributed by atoms with E-state index < -0.39 is 0 Å². The number of methoxy groups -OCH3 is 1. The summed E-state index contributed by atoms with van der Waals surface area (Å²) in [5.74, 6) is 0.821. The van der Waals surface area contributed by atoms with Crippen molar-refractivity contribution in [3.63, 3.8) is 0 Å². The maximum absolute atomic E-state index is 12.7. The van der Waals surface area contributed by atoms with E-state index in [1.165, 1.54) is 0 Å². The number of nitrogens with zero attached hydrogens (tertiary/aromatic N) is 2. The van der Waals surface area contributed by atoms with Crippen molar-refractivity contribution in [1.29, 1.82) is 0 Å². The molecule has 30 heavy (non-hydrogen) atoms. The second-order valence-electron chi connectivity index (χ2n) is 7.30. The van der Waals surface area contributed by atoms with E-state index >= 15 is 0 Å². The number of hydrogen-bond donors (Lipinski definition) is 2. The number of halogens is 1. The number of para-hydroxylation sites is 1. The van der Waals surface area contributed by atoms with E-state index in [4.69, 9.17) is 9.84 Å². The van der Waals surface area contributed by atoms with Crippen LogP contribution < -0.4 is 15.4 Å². The van der Waals surface area contributed by atoms with E-state index in [-0.39, 0.29) is 24.4 Å². The van der Waals surface area contributed by atoms with E-state index in [9.17, 15) is 4.79 Å². The highest BCUT2D eigenvalue weighted by Gasteiger charge is 2.19. The molecule has 2 aromatic carbocycles. The molecule has 7 heteroatoms. The zero-order valence-corrected chi connectivity index (χ0v) is 17.8. The van der Waals surface area contributed by atoms with Gasteiger partial charge in [-0.15, -0.1) is 12.4 Å². The van der Waals surface area contributed by atoms with Crippen molar-refractivity contribution in [2.45, 2.75) is 25.3 Å². The smallest absolute Gasteiger partial charge is 0.224 e. The third-order valence-electron chi connectivity index (χ3n) is 5.19. The predicted octanol–water partition coefficient (Wildman–Crippen LogP) is 3.38. The van der Waals surface area contributed by atoms with Gasteiger partial charge in [0.05, 0.1) is 24.9 Å². The first kappa shape index (κ1) is 21.9. The Labute approximate surface area is 183 Å². The van der Waals surface area contributed by atoms with Crippen LogP contribution in [0.4, 0.5) is 0 Å². The first-order valence-electron chi connectivity index (χ1n) is 10.0. The third-order valence-corrected chi connectivity index (χ3v) is 5.19. The molecular weight excluding hydrogens is 400 g/mol. The Bertz CT molecular complexity index is 951.